The number of benzene rings is 1. The molecule has 0 aliphatic carbocycles. The predicted molar refractivity (Wildman–Crippen MR) is 62.4 cm³/mol. The van der Waals surface area contributed by atoms with E-state index in [1.807, 2.05) is 6.07 Å². The van der Waals surface area contributed by atoms with Crippen LogP contribution in [0.3, 0.4) is 0 Å². The Bertz CT molecular complexity index is 439. The predicted octanol–water partition coefficient (Wildman–Crippen LogP) is 1.83. The maximum Gasteiger partial charge on any atom is 0.283 e. The molecule has 1 aromatic rings. The summed E-state index contributed by atoms with van der Waals surface area (Å²) in [6.45, 7) is 2.16. The minimum Gasteiger partial charge on any atom is -0.202 e. The fourth-order valence-electron chi connectivity index (χ4n) is 0.748. The summed E-state index contributed by atoms with van der Waals surface area (Å²) < 4.78 is 19.8. The number of aryl methyl sites for hydroxylation is 1. The molecule has 0 amide bonds. The number of sulfone groups is 1. The SMILES string of the molecule is C#CS(=O)(=O)C#C.CCc1ccccc1. The van der Waals surface area contributed by atoms with Crippen molar-refractivity contribution >= 4 is 9.84 Å². The fourth-order valence-corrected chi connectivity index (χ4v) is 0.816. The smallest absolute Gasteiger partial charge is 0.202 e. The van der Waals surface area contributed by atoms with E-state index in [0.29, 0.717) is 0 Å². The van der Waals surface area contributed by atoms with Crippen LogP contribution in [0.1, 0.15) is 12.5 Å². The highest BCUT2D eigenvalue weighted by molar-refractivity contribution is 8.00. The standard InChI is InChI=1S/C8H10.C4H2O2S/c1-2-8-6-4-3-5-7-8;1-3-7(5,6)4-2/h3-7H,2H2,1H3;1-2H. The number of rotatable bonds is 1. The molecule has 0 fully saturated rings. The second-order valence-electron chi connectivity index (χ2n) is 2.58. The van der Waals surface area contributed by atoms with Gasteiger partial charge in [-0.15, -0.1) is 12.8 Å². The molecule has 0 aliphatic heterocycles. The minimum atomic E-state index is -3.60. The molecule has 0 N–H and O–H groups in total. The van der Waals surface area contributed by atoms with Crippen LogP contribution in [-0.2, 0) is 16.3 Å². The van der Waals surface area contributed by atoms with Gasteiger partial charge in [-0.3, -0.25) is 0 Å². The largest absolute Gasteiger partial charge is 0.283 e. The molecule has 78 valence electrons. The van der Waals surface area contributed by atoms with Crippen molar-refractivity contribution in [3.8, 4) is 23.4 Å². The Hall–Kier alpha value is -1.71. The van der Waals surface area contributed by atoms with E-state index in [1.54, 1.807) is 0 Å². The minimum absolute atomic E-state index is 1.14. The first kappa shape index (κ1) is 13.3. The van der Waals surface area contributed by atoms with Gasteiger partial charge in [-0.25, -0.2) is 8.42 Å². The Labute approximate surface area is 91.3 Å². The highest BCUT2D eigenvalue weighted by Crippen LogP contribution is 1.96. The molecule has 0 radical (unpaired) electrons. The van der Waals surface area contributed by atoms with Crippen LogP contribution >= 0.6 is 0 Å². The second kappa shape index (κ2) is 6.70. The lowest BCUT2D eigenvalue weighted by Crippen LogP contribution is -1.85. The van der Waals surface area contributed by atoms with E-state index in [2.05, 4.69) is 44.0 Å². The molecule has 0 saturated heterocycles. The first-order valence-electron chi connectivity index (χ1n) is 4.29. The molecule has 0 atom stereocenters. The average molecular weight is 220 g/mol. The lowest BCUT2D eigenvalue weighted by atomic mass is 10.2. The maximum absolute atomic E-state index is 9.90. The highest BCUT2D eigenvalue weighted by Gasteiger charge is 1.92. The third kappa shape index (κ3) is 6.37. The molecule has 1 aromatic carbocycles. The van der Waals surface area contributed by atoms with Crippen LogP contribution in [0.5, 0.6) is 0 Å². The normalized spacial score (nSPS) is 9.00. The molecule has 2 nitrogen and oxygen atoms in total. The Morgan fingerprint density at radius 2 is 1.60 bits per heavy atom. The van der Waals surface area contributed by atoms with E-state index in [0.717, 1.165) is 6.42 Å². The number of hydrogen-bond acceptors (Lipinski definition) is 2. The molecule has 0 heterocycles. The molecule has 0 aromatic heterocycles. The average Bonchev–Trinajstić information content (AvgIpc) is 2.31. The lowest BCUT2D eigenvalue weighted by molar-refractivity contribution is 0.615. The quantitative estimate of drug-likeness (QED) is 0.534. The van der Waals surface area contributed by atoms with Gasteiger partial charge in [-0.1, -0.05) is 37.3 Å². The topological polar surface area (TPSA) is 34.1 Å². The zero-order chi connectivity index (χ0) is 11.7. The van der Waals surface area contributed by atoms with Crippen LogP contribution in [0.4, 0.5) is 0 Å². The van der Waals surface area contributed by atoms with Gasteiger partial charge in [-0.2, -0.15) is 0 Å². The number of hydrogen-bond donors (Lipinski definition) is 0. The summed E-state index contributed by atoms with van der Waals surface area (Å²) in [5.74, 6) is 0. The molecule has 15 heavy (non-hydrogen) atoms. The Kier molecular flexibility index (Phi) is 5.94. The molecule has 0 saturated carbocycles. The third-order valence-corrected chi connectivity index (χ3v) is 2.18. The summed E-state index contributed by atoms with van der Waals surface area (Å²) >= 11 is 0. The van der Waals surface area contributed by atoms with Crippen LogP contribution in [0, 0.1) is 23.4 Å². The zero-order valence-electron chi connectivity index (χ0n) is 8.47. The molecular formula is C12H12O2S. The zero-order valence-corrected chi connectivity index (χ0v) is 9.29. The number of terminal acetylenes is 2. The summed E-state index contributed by atoms with van der Waals surface area (Å²) in [5, 5.41) is 2.85. The van der Waals surface area contributed by atoms with Gasteiger partial charge >= 0.3 is 0 Å². The van der Waals surface area contributed by atoms with E-state index in [4.69, 9.17) is 0 Å². The van der Waals surface area contributed by atoms with Gasteiger partial charge in [-0.05, 0) is 12.0 Å². The van der Waals surface area contributed by atoms with Crippen molar-refractivity contribution in [3.63, 3.8) is 0 Å². The highest BCUT2D eigenvalue weighted by atomic mass is 32.2. The van der Waals surface area contributed by atoms with Crippen molar-refractivity contribution < 1.29 is 8.42 Å². The van der Waals surface area contributed by atoms with Crippen LogP contribution < -0.4 is 0 Å². The molecule has 3 heteroatoms. The van der Waals surface area contributed by atoms with E-state index in [9.17, 15) is 8.42 Å². The van der Waals surface area contributed by atoms with Gasteiger partial charge in [0.05, 0.1) is 0 Å². The maximum atomic E-state index is 9.90. The Morgan fingerprint density at radius 3 is 1.80 bits per heavy atom. The first-order chi connectivity index (χ1) is 7.05. The van der Waals surface area contributed by atoms with Gasteiger partial charge in [0.25, 0.3) is 9.84 Å². The summed E-state index contributed by atoms with van der Waals surface area (Å²) in [6.07, 6.45) is 10.0. The van der Waals surface area contributed by atoms with Gasteiger partial charge in [0.2, 0.25) is 0 Å². The lowest BCUT2D eigenvalue weighted by Gasteiger charge is -1.89. The Balaban J connectivity index is 0.000000265. The van der Waals surface area contributed by atoms with Gasteiger partial charge in [0.1, 0.15) is 0 Å². The molecular weight excluding hydrogens is 208 g/mol. The molecule has 1 rings (SSSR count). The molecule has 0 aliphatic rings. The van der Waals surface area contributed by atoms with E-state index in [-0.39, 0.29) is 0 Å². The summed E-state index contributed by atoms with van der Waals surface area (Å²) in [7, 11) is -3.60. The van der Waals surface area contributed by atoms with Crippen molar-refractivity contribution in [3.05, 3.63) is 35.9 Å². The second-order valence-corrected chi connectivity index (χ2v) is 4.06. The van der Waals surface area contributed by atoms with Crippen molar-refractivity contribution in [2.24, 2.45) is 0 Å². The first-order valence-corrected chi connectivity index (χ1v) is 5.77. The summed E-state index contributed by atoms with van der Waals surface area (Å²) in [6, 6.07) is 10.5. The molecule has 0 spiro atoms. The molecule has 0 bridgehead atoms. The van der Waals surface area contributed by atoms with E-state index >= 15 is 0 Å². The fraction of sp³-hybridized carbons (Fsp3) is 0.167. The van der Waals surface area contributed by atoms with Gasteiger partial charge < -0.3 is 0 Å². The van der Waals surface area contributed by atoms with Crippen molar-refractivity contribution in [2.45, 2.75) is 13.3 Å². The van der Waals surface area contributed by atoms with Crippen molar-refractivity contribution in [1.29, 1.82) is 0 Å². The van der Waals surface area contributed by atoms with Crippen molar-refractivity contribution in [2.75, 3.05) is 0 Å². The van der Waals surface area contributed by atoms with Crippen LogP contribution in [-0.4, -0.2) is 8.42 Å². The monoisotopic (exact) mass is 220 g/mol. The van der Waals surface area contributed by atoms with Crippen LogP contribution in [0.15, 0.2) is 30.3 Å². The summed E-state index contributed by atoms with van der Waals surface area (Å²) in [5.41, 5.74) is 1.41. The van der Waals surface area contributed by atoms with Gasteiger partial charge in [0.15, 0.2) is 0 Å². The van der Waals surface area contributed by atoms with Gasteiger partial charge in [0, 0.05) is 10.5 Å². The Morgan fingerprint density at radius 1 is 1.13 bits per heavy atom. The van der Waals surface area contributed by atoms with Crippen molar-refractivity contribution in [1.82, 2.24) is 0 Å². The third-order valence-electron chi connectivity index (χ3n) is 1.56. The van der Waals surface area contributed by atoms with E-state index < -0.39 is 9.84 Å². The van der Waals surface area contributed by atoms with Crippen LogP contribution in [0.2, 0.25) is 0 Å². The molecule has 0 unspecified atom stereocenters. The summed E-state index contributed by atoms with van der Waals surface area (Å²) in [4.78, 5) is 0. The van der Waals surface area contributed by atoms with E-state index in [1.165, 1.54) is 16.1 Å². The van der Waals surface area contributed by atoms with Crippen LogP contribution in [0.25, 0.3) is 0 Å².